The Bertz CT molecular complexity index is 1090. The van der Waals surface area contributed by atoms with Crippen molar-refractivity contribution in [3.05, 3.63) is 59.7 Å². The van der Waals surface area contributed by atoms with Crippen LogP contribution in [0.25, 0.3) is 0 Å². The van der Waals surface area contributed by atoms with E-state index in [4.69, 9.17) is 4.74 Å². The van der Waals surface area contributed by atoms with Gasteiger partial charge in [-0.2, -0.15) is 0 Å². The summed E-state index contributed by atoms with van der Waals surface area (Å²) in [4.78, 5) is 20.5. The van der Waals surface area contributed by atoms with Crippen LogP contribution in [0.2, 0.25) is 0 Å². The Balaban J connectivity index is 1.18. The molecule has 0 bridgehead atoms. The molecule has 38 heavy (non-hydrogen) atoms. The third kappa shape index (κ3) is 6.02. The average Bonchev–Trinajstić information content (AvgIpc) is 2.93. The molecule has 1 amide bonds. The summed E-state index contributed by atoms with van der Waals surface area (Å²) in [7, 11) is 1.93. The van der Waals surface area contributed by atoms with E-state index in [0.29, 0.717) is 19.7 Å². The van der Waals surface area contributed by atoms with Crippen LogP contribution in [0, 0.1) is 12.3 Å². The molecule has 1 N–H and O–H groups in total. The van der Waals surface area contributed by atoms with E-state index in [0.717, 1.165) is 83.3 Å². The van der Waals surface area contributed by atoms with Gasteiger partial charge in [0.1, 0.15) is 12.4 Å². The maximum Gasteiger partial charge on any atom is 0.228 e. The van der Waals surface area contributed by atoms with Crippen molar-refractivity contribution < 1.29 is 14.6 Å². The number of β-amino-alcohol motifs (C(OH)–C–C–N with tert-alkyl or cyclic N) is 1. The van der Waals surface area contributed by atoms with Gasteiger partial charge >= 0.3 is 0 Å². The molecule has 6 nitrogen and oxygen atoms in total. The highest BCUT2D eigenvalue weighted by Crippen LogP contribution is 2.40. The quantitative estimate of drug-likeness (QED) is 0.639. The number of aliphatic hydroxyl groups is 1. The molecule has 2 fully saturated rings. The molecule has 0 aliphatic carbocycles. The van der Waals surface area contributed by atoms with Crippen LogP contribution in [0.15, 0.2) is 48.5 Å². The number of fused-ring (bicyclic) bond motifs is 1. The normalized spacial score (nSPS) is 22.8. The fourth-order valence-electron chi connectivity index (χ4n) is 6.80. The van der Waals surface area contributed by atoms with Crippen molar-refractivity contribution in [1.29, 1.82) is 0 Å². The van der Waals surface area contributed by atoms with Gasteiger partial charge in [0.2, 0.25) is 5.91 Å². The summed E-state index contributed by atoms with van der Waals surface area (Å²) in [6.45, 7) is 7.52. The molecular formula is C32H45N3O3. The average molecular weight is 520 g/mol. The Morgan fingerprint density at radius 2 is 1.58 bits per heavy atom. The maximum absolute atomic E-state index is 13.7. The number of nitrogens with zero attached hydrogens (tertiary/aromatic N) is 3. The van der Waals surface area contributed by atoms with Crippen LogP contribution in [0.1, 0.15) is 56.1 Å². The van der Waals surface area contributed by atoms with Gasteiger partial charge in [0.25, 0.3) is 0 Å². The van der Waals surface area contributed by atoms with Crippen LogP contribution < -0.4 is 9.64 Å². The lowest BCUT2D eigenvalue weighted by molar-refractivity contribution is -0.145. The third-order valence-electron chi connectivity index (χ3n) is 9.29. The molecule has 3 heterocycles. The fourth-order valence-corrected chi connectivity index (χ4v) is 6.80. The van der Waals surface area contributed by atoms with Gasteiger partial charge in [-0.1, -0.05) is 42.8 Å². The fraction of sp³-hybridized carbons (Fsp3) is 0.594. The van der Waals surface area contributed by atoms with Crippen LogP contribution in [-0.2, 0) is 11.2 Å². The van der Waals surface area contributed by atoms with Crippen molar-refractivity contribution >= 4 is 11.6 Å². The summed E-state index contributed by atoms with van der Waals surface area (Å²) < 4.78 is 6.08. The first kappa shape index (κ1) is 27.0. The molecule has 2 aromatic carbocycles. The molecular weight excluding hydrogens is 474 g/mol. The van der Waals surface area contributed by atoms with E-state index in [1.807, 2.05) is 24.1 Å². The van der Waals surface area contributed by atoms with Crippen molar-refractivity contribution in [2.75, 3.05) is 57.8 Å². The number of piperidine rings is 2. The van der Waals surface area contributed by atoms with Crippen LogP contribution in [0.3, 0.4) is 0 Å². The van der Waals surface area contributed by atoms with E-state index in [1.165, 1.54) is 16.8 Å². The van der Waals surface area contributed by atoms with Crippen LogP contribution in [-0.4, -0.2) is 79.3 Å². The summed E-state index contributed by atoms with van der Waals surface area (Å²) in [5.74, 6) is 1.24. The molecule has 0 saturated carbocycles. The zero-order valence-corrected chi connectivity index (χ0v) is 23.3. The molecule has 5 rings (SSSR count). The van der Waals surface area contributed by atoms with E-state index in [1.54, 1.807) is 0 Å². The first-order valence-electron chi connectivity index (χ1n) is 14.6. The molecule has 6 heteroatoms. The number of rotatable bonds is 3. The minimum absolute atomic E-state index is 0.278. The number of ether oxygens (including phenoxy) is 1. The van der Waals surface area contributed by atoms with Crippen molar-refractivity contribution in [2.45, 2.75) is 63.9 Å². The zero-order valence-electron chi connectivity index (χ0n) is 23.3. The van der Waals surface area contributed by atoms with E-state index < -0.39 is 5.60 Å². The highest BCUT2D eigenvalue weighted by molar-refractivity contribution is 5.82. The number of amides is 1. The summed E-state index contributed by atoms with van der Waals surface area (Å²) in [6, 6.07) is 16.8. The number of likely N-dealkylation sites (tertiary alicyclic amines) is 1. The Kier molecular flexibility index (Phi) is 8.29. The summed E-state index contributed by atoms with van der Waals surface area (Å²) in [5.41, 5.74) is 2.91. The monoisotopic (exact) mass is 519 g/mol. The second-order valence-electron chi connectivity index (χ2n) is 11.9. The van der Waals surface area contributed by atoms with Gasteiger partial charge in [-0.15, -0.1) is 0 Å². The Hall–Kier alpha value is -2.57. The van der Waals surface area contributed by atoms with Crippen LogP contribution in [0.4, 0.5) is 5.69 Å². The first-order valence-corrected chi connectivity index (χ1v) is 14.6. The number of hydrogen-bond acceptors (Lipinski definition) is 5. The number of hydrogen-bond donors (Lipinski definition) is 1. The lowest BCUT2D eigenvalue weighted by Gasteiger charge is -2.46. The van der Waals surface area contributed by atoms with E-state index in [9.17, 15) is 9.90 Å². The molecule has 3 aliphatic heterocycles. The number of likely N-dealkylation sites (N-methyl/N-ethyl adjacent to an activating group) is 1. The van der Waals surface area contributed by atoms with Crippen LogP contribution >= 0.6 is 0 Å². The SMILES string of the molecule is Cc1ccccc1N1CCC(O)(CN2CCC3(CCCCc4ccccc4OCCN(C)C3=O)CC2)CC1. The molecule has 0 atom stereocenters. The van der Waals surface area contributed by atoms with Crippen molar-refractivity contribution in [3.63, 3.8) is 0 Å². The molecule has 2 saturated heterocycles. The molecule has 1 spiro atoms. The van der Waals surface area contributed by atoms with Gasteiger partial charge in [0.05, 0.1) is 17.6 Å². The number of anilines is 1. The Morgan fingerprint density at radius 1 is 0.868 bits per heavy atom. The summed E-state index contributed by atoms with van der Waals surface area (Å²) >= 11 is 0. The van der Waals surface area contributed by atoms with E-state index >= 15 is 0 Å². The highest BCUT2D eigenvalue weighted by atomic mass is 16.5. The highest BCUT2D eigenvalue weighted by Gasteiger charge is 2.44. The standard InChI is InChI=1S/C32H45N3O3/c1-26-9-3-5-12-28(26)35-21-17-32(37,18-22-35)25-34-19-15-31(16-20-34)14-8-7-11-27-10-4-6-13-29(27)38-24-23-33(2)30(31)36/h3-6,9-10,12-13,37H,7-8,11,14-25H2,1-2H3. The van der Waals surface area contributed by atoms with Gasteiger partial charge in [-0.25, -0.2) is 0 Å². The largest absolute Gasteiger partial charge is 0.491 e. The number of carbonyl (C=O) groups is 1. The van der Waals surface area contributed by atoms with E-state index in [-0.39, 0.29) is 11.3 Å². The predicted molar refractivity (Wildman–Crippen MR) is 153 cm³/mol. The second kappa shape index (κ2) is 11.7. The third-order valence-corrected chi connectivity index (χ3v) is 9.29. The van der Waals surface area contributed by atoms with Crippen molar-refractivity contribution in [2.24, 2.45) is 5.41 Å². The molecule has 206 valence electrons. The van der Waals surface area contributed by atoms with E-state index in [2.05, 4.69) is 53.1 Å². The molecule has 3 aliphatic rings. The lowest BCUT2D eigenvalue weighted by atomic mass is 9.72. The molecule has 0 aromatic heterocycles. The lowest BCUT2D eigenvalue weighted by Crippen LogP contribution is -2.55. The number of aryl methyl sites for hydroxylation is 2. The van der Waals surface area contributed by atoms with Crippen LogP contribution in [0.5, 0.6) is 5.75 Å². The molecule has 0 radical (unpaired) electrons. The maximum atomic E-state index is 13.7. The zero-order chi connectivity index (χ0) is 26.6. The second-order valence-corrected chi connectivity index (χ2v) is 11.9. The molecule has 0 unspecified atom stereocenters. The molecule has 2 aromatic rings. The van der Waals surface area contributed by atoms with Gasteiger partial charge in [0, 0.05) is 32.4 Å². The summed E-state index contributed by atoms with van der Waals surface area (Å²) in [5, 5.41) is 11.5. The van der Waals surface area contributed by atoms with Crippen molar-refractivity contribution in [3.8, 4) is 5.75 Å². The predicted octanol–water partition coefficient (Wildman–Crippen LogP) is 4.67. The van der Waals surface area contributed by atoms with Gasteiger partial charge in [0.15, 0.2) is 0 Å². The number of benzene rings is 2. The Labute approximate surface area is 228 Å². The van der Waals surface area contributed by atoms with Gasteiger partial charge in [-0.05, 0) is 88.2 Å². The van der Waals surface area contributed by atoms with Crippen molar-refractivity contribution in [1.82, 2.24) is 9.80 Å². The van der Waals surface area contributed by atoms with Gasteiger partial charge < -0.3 is 24.5 Å². The topological polar surface area (TPSA) is 56.2 Å². The van der Waals surface area contributed by atoms with Gasteiger partial charge in [-0.3, -0.25) is 4.79 Å². The first-order chi connectivity index (χ1) is 18.4. The summed E-state index contributed by atoms with van der Waals surface area (Å²) in [6.07, 6.45) is 7.38. The Morgan fingerprint density at radius 3 is 2.34 bits per heavy atom. The number of carbonyl (C=O) groups excluding carboxylic acids is 1. The number of para-hydroxylation sites is 2. The minimum atomic E-state index is -0.651. The minimum Gasteiger partial charge on any atom is -0.491 e. The smallest absolute Gasteiger partial charge is 0.228 e.